The summed E-state index contributed by atoms with van der Waals surface area (Å²) in [5.41, 5.74) is 0.669. The zero-order valence-electron chi connectivity index (χ0n) is 11.1. The van der Waals surface area contributed by atoms with Gasteiger partial charge in [0.25, 0.3) is 0 Å². The Morgan fingerprint density at radius 3 is 2.80 bits per heavy atom. The van der Waals surface area contributed by atoms with Crippen LogP contribution in [0.2, 0.25) is 0 Å². The zero-order valence-corrected chi connectivity index (χ0v) is 11.1. The molecule has 1 amide bonds. The largest absolute Gasteiger partial charge is 0.479 e. The minimum Gasteiger partial charge on any atom is -0.479 e. The van der Waals surface area contributed by atoms with E-state index in [1.807, 2.05) is 0 Å². The van der Waals surface area contributed by atoms with Crippen LogP contribution in [0.25, 0.3) is 0 Å². The van der Waals surface area contributed by atoms with Crippen molar-refractivity contribution < 1.29 is 23.8 Å². The molecule has 0 radical (unpaired) electrons. The van der Waals surface area contributed by atoms with Crippen LogP contribution in [0.4, 0.5) is 4.39 Å². The Morgan fingerprint density at radius 2 is 2.25 bits per heavy atom. The lowest BCUT2D eigenvalue weighted by molar-refractivity contribution is -0.143. The average Bonchev–Trinajstić information content (AvgIpc) is 2.93. The summed E-state index contributed by atoms with van der Waals surface area (Å²) in [6, 6.07) is 2.77. The third-order valence-corrected chi connectivity index (χ3v) is 3.27. The molecule has 1 aromatic carbocycles. The van der Waals surface area contributed by atoms with Crippen LogP contribution in [0.15, 0.2) is 18.2 Å². The van der Waals surface area contributed by atoms with E-state index in [0.29, 0.717) is 24.2 Å². The number of hydrogen-bond donors (Lipinski definition) is 2. The first-order chi connectivity index (χ1) is 9.49. The second-order valence-corrected chi connectivity index (χ2v) is 4.79. The van der Waals surface area contributed by atoms with Crippen molar-refractivity contribution >= 4 is 11.9 Å². The molecule has 2 atom stereocenters. The molecule has 1 aromatic rings. The van der Waals surface area contributed by atoms with E-state index in [1.54, 1.807) is 6.92 Å². The van der Waals surface area contributed by atoms with E-state index in [0.717, 1.165) is 6.42 Å². The normalized spacial score (nSPS) is 19.6. The predicted octanol–water partition coefficient (Wildman–Crippen LogP) is 1.56. The van der Waals surface area contributed by atoms with E-state index in [1.165, 1.54) is 18.2 Å². The third-order valence-electron chi connectivity index (χ3n) is 3.27. The summed E-state index contributed by atoms with van der Waals surface area (Å²) in [7, 11) is 0. The molecule has 1 aliphatic rings. The molecule has 1 saturated heterocycles. The van der Waals surface area contributed by atoms with Crippen LogP contribution in [-0.4, -0.2) is 29.7 Å². The quantitative estimate of drug-likeness (QED) is 0.878. The molecule has 108 valence electrons. The number of halogens is 1. The molecule has 2 unspecified atom stereocenters. The van der Waals surface area contributed by atoms with Crippen LogP contribution in [0.5, 0.6) is 0 Å². The maximum absolute atomic E-state index is 13.2. The van der Waals surface area contributed by atoms with Gasteiger partial charge in [0.15, 0.2) is 6.04 Å². The van der Waals surface area contributed by atoms with Gasteiger partial charge in [0.1, 0.15) is 11.9 Å². The van der Waals surface area contributed by atoms with Crippen LogP contribution in [0.1, 0.15) is 30.0 Å². The summed E-state index contributed by atoms with van der Waals surface area (Å²) >= 11 is 0. The van der Waals surface area contributed by atoms with Crippen molar-refractivity contribution in [2.75, 3.05) is 6.61 Å². The van der Waals surface area contributed by atoms with Crippen molar-refractivity contribution in [3.63, 3.8) is 0 Å². The molecule has 2 N–H and O–H groups in total. The van der Waals surface area contributed by atoms with E-state index >= 15 is 0 Å². The Labute approximate surface area is 115 Å². The molecule has 1 aliphatic heterocycles. The SMILES string of the molecule is Cc1cc(C(NC(=O)C2CCCO2)C(=O)O)ccc1F. The lowest BCUT2D eigenvalue weighted by Crippen LogP contribution is -2.40. The summed E-state index contributed by atoms with van der Waals surface area (Å²) in [5, 5.41) is 11.7. The van der Waals surface area contributed by atoms with Gasteiger partial charge in [0.2, 0.25) is 5.91 Å². The molecule has 1 fully saturated rings. The van der Waals surface area contributed by atoms with Gasteiger partial charge < -0.3 is 15.2 Å². The Morgan fingerprint density at radius 1 is 1.50 bits per heavy atom. The van der Waals surface area contributed by atoms with Crippen molar-refractivity contribution in [2.24, 2.45) is 0 Å². The first-order valence-electron chi connectivity index (χ1n) is 6.40. The van der Waals surface area contributed by atoms with Crippen LogP contribution < -0.4 is 5.32 Å². The minimum absolute atomic E-state index is 0.333. The van der Waals surface area contributed by atoms with Gasteiger partial charge in [0, 0.05) is 6.61 Å². The Bertz CT molecular complexity index is 526. The van der Waals surface area contributed by atoms with Crippen LogP contribution in [0.3, 0.4) is 0 Å². The third kappa shape index (κ3) is 3.14. The first kappa shape index (κ1) is 14.5. The van der Waals surface area contributed by atoms with E-state index in [2.05, 4.69) is 5.32 Å². The number of nitrogens with one attached hydrogen (secondary N) is 1. The summed E-state index contributed by atoms with van der Waals surface area (Å²) in [6.45, 7) is 2.05. The fraction of sp³-hybridized carbons (Fsp3) is 0.429. The highest BCUT2D eigenvalue weighted by Crippen LogP contribution is 2.19. The molecule has 20 heavy (non-hydrogen) atoms. The number of aryl methyl sites for hydroxylation is 1. The van der Waals surface area contributed by atoms with Crippen LogP contribution in [-0.2, 0) is 14.3 Å². The first-order valence-corrected chi connectivity index (χ1v) is 6.40. The summed E-state index contributed by atoms with van der Waals surface area (Å²) in [4.78, 5) is 23.2. The highest BCUT2D eigenvalue weighted by molar-refractivity contribution is 5.87. The predicted molar refractivity (Wildman–Crippen MR) is 68.6 cm³/mol. The number of carboxylic acid groups (broad SMARTS) is 1. The molecular formula is C14H16FNO4. The molecule has 0 saturated carbocycles. The van der Waals surface area contributed by atoms with E-state index in [4.69, 9.17) is 4.74 Å². The standard InChI is InChI=1S/C14H16FNO4/c1-8-7-9(4-5-10(8)15)12(14(18)19)16-13(17)11-3-2-6-20-11/h4-5,7,11-12H,2-3,6H2,1H3,(H,16,17)(H,18,19). The van der Waals surface area contributed by atoms with Gasteiger partial charge in [-0.2, -0.15) is 0 Å². The number of carboxylic acids is 1. The Kier molecular flexibility index (Phi) is 4.34. The van der Waals surface area contributed by atoms with Gasteiger partial charge in [-0.1, -0.05) is 12.1 Å². The van der Waals surface area contributed by atoms with E-state index < -0.39 is 29.8 Å². The average molecular weight is 281 g/mol. The number of carbonyl (C=O) groups is 2. The highest BCUT2D eigenvalue weighted by atomic mass is 19.1. The van der Waals surface area contributed by atoms with Crippen molar-refractivity contribution in [1.29, 1.82) is 0 Å². The zero-order chi connectivity index (χ0) is 14.7. The van der Waals surface area contributed by atoms with E-state index in [9.17, 15) is 19.1 Å². The van der Waals surface area contributed by atoms with Crippen LogP contribution in [0, 0.1) is 12.7 Å². The summed E-state index contributed by atoms with van der Waals surface area (Å²) in [5.74, 6) is -2.05. The second-order valence-electron chi connectivity index (χ2n) is 4.79. The van der Waals surface area contributed by atoms with Gasteiger partial charge in [-0.05, 0) is 37.0 Å². The number of benzene rings is 1. The van der Waals surface area contributed by atoms with Crippen molar-refractivity contribution in [3.8, 4) is 0 Å². The van der Waals surface area contributed by atoms with Gasteiger partial charge in [0.05, 0.1) is 0 Å². The smallest absolute Gasteiger partial charge is 0.330 e. The molecular weight excluding hydrogens is 265 g/mol. The molecule has 0 bridgehead atoms. The maximum atomic E-state index is 13.2. The number of amides is 1. The van der Waals surface area contributed by atoms with Crippen molar-refractivity contribution in [2.45, 2.75) is 31.9 Å². The second kappa shape index (κ2) is 6.00. The molecule has 5 nitrogen and oxygen atoms in total. The van der Waals surface area contributed by atoms with Gasteiger partial charge >= 0.3 is 5.97 Å². The van der Waals surface area contributed by atoms with Gasteiger partial charge in [-0.3, -0.25) is 4.79 Å². The molecule has 0 aliphatic carbocycles. The Balaban J connectivity index is 2.16. The van der Waals surface area contributed by atoms with Crippen molar-refractivity contribution in [3.05, 3.63) is 35.1 Å². The molecule has 0 spiro atoms. The number of hydrogen-bond acceptors (Lipinski definition) is 3. The highest BCUT2D eigenvalue weighted by Gasteiger charge is 2.29. The lowest BCUT2D eigenvalue weighted by atomic mass is 10.0. The Hall–Kier alpha value is -1.95. The number of ether oxygens (including phenoxy) is 1. The molecule has 1 heterocycles. The molecule has 0 aromatic heterocycles. The van der Waals surface area contributed by atoms with E-state index in [-0.39, 0.29) is 0 Å². The summed E-state index contributed by atoms with van der Waals surface area (Å²) in [6.07, 6.45) is 0.768. The fourth-order valence-electron chi connectivity index (χ4n) is 2.15. The molecule has 6 heteroatoms. The van der Waals surface area contributed by atoms with Gasteiger partial charge in [-0.15, -0.1) is 0 Å². The van der Waals surface area contributed by atoms with Crippen molar-refractivity contribution in [1.82, 2.24) is 5.32 Å². The monoisotopic (exact) mass is 281 g/mol. The number of rotatable bonds is 4. The minimum atomic E-state index is -1.20. The number of carbonyl (C=O) groups excluding carboxylic acids is 1. The molecule has 2 rings (SSSR count). The topological polar surface area (TPSA) is 75.6 Å². The maximum Gasteiger partial charge on any atom is 0.330 e. The summed E-state index contributed by atoms with van der Waals surface area (Å²) < 4.78 is 18.4. The lowest BCUT2D eigenvalue weighted by Gasteiger charge is -2.18. The van der Waals surface area contributed by atoms with Gasteiger partial charge in [-0.25, -0.2) is 9.18 Å². The number of aliphatic carboxylic acids is 1. The fourth-order valence-corrected chi connectivity index (χ4v) is 2.15. The van der Waals surface area contributed by atoms with Crippen LogP contribution >= 0.6 is 0 Å².